The van der Waals surface area contributed by atoms with Crippen molar-refractivity contribution in [3.63, 3.8) is 0 Å². The number of aliphatic carboxylic acids is 1. The van der Waals surface area contributed by atoms with E-state index >= 15 is 0 Å². The molecule has 2 amide bonds. The van der Waals surface area contributed by atoms with E-state index in [0.717, 1.165) is 25.8 Å². The van der Waals surface area contributed by atoms with Crippen LogP contribution in [0.25, 0.3) is 0 Å². The Kier molecular flexibility index (Phi) is 4.09. The van der Waals surface area contributed by atoms with Gasteiger partial charge in [0.2, 0.25) is 0 Å². The van der Waals surface area contributed by atoms with Gasteiger partial charge in [-0.3, -0.25) is 4.79 Å². The first-order valence-corrected chi connectivity index (χ1v) is 6.86. The summed E-state index contributed by atoms with van der Waals surface area (Å²) in [5, 5.41) is 11.6. The second-order valence-electron chi connectivity index (χ2n) is 5.54. The van der Waals surface area contributed by atoms with Crippen LogP contribution in [-0.2, 0) is 4.79 Å². The van der Waals surface area contributed by atoms with Gasteiger partial charge in [0, 0.05) is 25.6 Å². The first-order chi connectivity index (χ1) is 8.60. The molecule has 1 heterocycles. The number of carbonyl (C=O) groups excluding carboxylic acids is 1. The number of piperidine rings is 1. The molecule has 0 spiro atoms. The highest BCUT2D eigenvalue weighted by molar-refractivity contribution is 5.75. The minimum Gasteiger partial charge on any atom is -0.481 e. The van der Waals surface area contributed by atoms with Gasteiger partial charge in [-0.25, -0.2) is 4.79 Å². The van der Waals surface area contributed by atoms with Gasteiger partial charge < -0.3 is 15.3 Å². The molecule has 5 heteroatoms. The molecule has 1 aliphatic heterocycles. The van der Waals surface area contributed by atoms with Crippen molar-refractivity contribution in [1.29, 1.82) is 0 Å². The molecule has 0 aromatic rings. The number of hydrogen-bond donors (Lipinski definition) is 2. The van der Waals surface area contributed by atoms with Crippen LogP contribution in [0.3, 0.4) is 0 Å². The highest BCUT2D eigenvalue weighted by Gasteiger charge is 2.40. The molecule has 0 aromatic carbocycles. The molecule has 3 atom stereocenters. The maximum Gasteiger partial charge on any atom is 0.317 e. The molecule has 2 rings (SSSR count). The summed E-state index contributed by atoms with van der Waals surface area (Å²) >= 11 is 0. The first kappa shape index (κ1) is 13.2. The van der Waals surface area contributed by atoms with Crippen LogP contribution >= 0.6 is 0 Å². The quantitative estimate of drug-likeness (QED) is 0.784. The predicted octanol–water partition coefficient (Wildman–Crippen LogP) is 1.68. The van der Waals surface area contributed by atoms with Gasteiger partial charge in [0.1, 0.15) is 0 Å². The van der Waals surface area contributed by atoms with Crippen molar-refractivity contribution in [1.82, 2.24) is 10.2 Å². The van der Waals surface area contributed by atoms with Crippen LogP contribution in [0.5, 0.6) is 0 Å². The third-order valence-electron chi connectivity index (χ3n) is 4.25. The Labute approximate surface area is 108 Å². The number of rotatable bonds is 5. The number of nitrogens with zero attached hydrogens (tertiary/aromatic N) is 1. The highest BCUT2D eigenvalue weighted by Crippen LogP contribution is 2.37. The van der Waals surface area contributed by atoms with Gasteiger partial charge >= 0.3 is 12.0 Å². The number of hydrogen-bond acceptors (Lipinski definition) is 2. The number of urea groups is 1. The number of amides is 2. The van der Waals surface area contributed by atoms with Gasteiger partial charge in [0.25, 0.3) is 0 Å². The van der Waals surface area contributed by atoms with Crippen molar-refractivity contribution in [2.24, 2.45) is 11.8 Å². The lowest BCUT2D eigenvalue weighted by Crippen LogP contribution is -2.45. The van der Waals surface area contributed by atoms with Gasteiger partial charge in [-0.1, -0.05) is 13.3 Å². The van der Waals surface area contributed by atoms with Crippen molar-refractivity contribution < 1.29 is 14.7 Å². The molecule has 0 radical (unpaired) electrons. The fraction of sp³-hybridized carbons (Fsp3) is 0.846. The van der Waals surface area contributed by atoms with Crippen LogP contribution in [0.4, 0.5) is 4.79 Å². The van der Waals surface area contributed by atoms with E-state index < -0.39 is 5.97 Å². The fourth-order valence-corrected chi connectivity index (χ4v) is 3.11. The minimum absolute atomic E-state index is 0.00830. The Bertz CT molecular complexity index is 332. The van der Waals surface area contributed by atoms with Gasteiger partial charge in [-0.15, -0.1) is 0 Å². The summed E-state index contributed by atoms with van der Waals surface area (Å²) in [6.07, 6.45) is 4.44. The average Bonchev–Trinajstić information content (AvgIpc) is 2.95. The molecule has 2 fully saturated rings. The fourth-order valence-electron chi connectivity index (χ4n) is 3.11. The van der Waals surface area contributed by atoms with Crippen LogP contribution in [-0.4, -0.2) is 41.1 Å². The van der Waals surface area contributed by atoms with Crippen LogP contribution in [0, 0.1) is 11.8 Å². The molecule has 2 N–H and O–H groups in total. The van der Waals surface area contributed by atoms with Crippen LogP contribution in [0.2, 0.25) is 0 Å². The molecule has 2 aliphatic rings. The van der Waals surface area contributed by atoms with Crippen molar-refractivity contribution in [3.05, 3.63) is 0 Å². The van der Waals surface area contributed by atoms with Crippen LogP contribution < -0.4 is 5.32 Å². The second kappa shape index (κ2) is 5.59. The van der Waals surface area contributed by atoms with Crippen molar-refractivity contribution in [3.8, 4) is 0 Å². The van der Waals surface area contributed by atoms with Crippen LogP contribution in [0.1, 0.15) is 39.0 Å². The number of carbonyl (C=O) groups is 2. The minimum atomic E-state index is -0.795. The summed E-state index contributed by atoms with van der Waals surface area (Å²) < 4.78 is 0. The molecule has 1 saturated heterocycles. The number of carboxylic acids is 1. The Morgan fingerprint density at radius 3 is 2.72 bits per heavy atom. The van der Waals surface area contributed by atoms with Gasteiger partial charge in [-0.2, -0.15) is 0 Å². The average molecular weight is 254 g/mol. The predicted molar refractivity (Wildman–Crippen MR) is 67.3 cm³/mol. The molecule has 2 bridgehead atoms. The smallest absolute Gasteiger partial charge is 0.317 e. The summed E-state index contributed by atoms with van der Waals surface area (Å²) in [4.78, 5) is 24.6. The number of nitrogens with one attached hydrogen (secondary N) is 1. The third-order valence-corrected chi connectivity index (χ3v) is 4.25. The molecule has 1 aliphatic carbocycles. The molecule has 102 valence electrons. The maximum atomic E-state index is 12.0. The molecule has 0 aromatic heterocycles. The summed E-state index contributed by atoms with van der Waals surface area (Å²) in [6.45, 7) is 3.30. The van der Waals surface area contributed by atoms with Gasteiger partial charge in [0.15, 0.2) is 0 Å². The number of likely N-dealkylation sites (tertiary alicyclic amines) is 1. The van der Waals surface area contributed by atoms with E-state index in [1.165, 1.54) is 6.42 Å². The normalized spacial score (nSPS) is 27.3. The topological polar surface area (TPSA) is 69.6 Å². The van der Waals surface area contributed by atoms with Crippen LogP contribution in [0.15, 0.2) is 0 Å². The summed E-state index contributed by atoms with van der Waals surface area (Å²) in [5.41, 5.74) is 0. The lowest BCUT2D eigenvalue weighted by Gasteiger charge is -2.27. The molecule has 3 unspecified atom stereocenters. The maximum absolute atomic E-state index is 12.0. The van der Waals surface area contributed by atoms with E-state index in [1.54, 1.807) is 0 Å². The van der Waals surface area contributed by atoms with E-state index in [-0.39, 0.29) is 18.4 Å². The van der Waals surface area contributed by atoms with Crippen molar-refractivity contribution in [2.45, 2.75) is 45.1 Å². The van der Waals surface area contributed by atoms with E-state index in [9.17, 15) is 9.59 Å². The Morgan fingerprint density at radius 2 is 2.22 bits per heavy atom. The Balaban J connectivity index is 1.75. The van der Waals surface area contributed by atoms with E-state index in [1.807, 2.05) is 11.8 Å². The summed E-state index contributed by atoms with van der Waals surface area (Å²) in [7, 11) is 0. The third kappa shape index (κ3) is 2.94. The Hall–Kier alpha value is -1.26. The van der Waals surface area contributed by atoms with Crippen molar-refractivity contribution >= 4 is 12.0 Å². The summed E-state index contributed by atoms with van der Waals surface area (Å²) in [6, 6.07) is 0.417. The summed E-state index contributed by atoms with van der Waals surface area (Å²) in [5.74, 6) is -0.0655. The zero-order chi connectivity index (χ0) is 13.1. The van der Waals surface area contributed by atoms with E-state index in [2.05, 4.69) is 5.32 Å². The zero-order valence-corrected chi connectivity index (χ0v) is 10.9. The molecular weight excluding hydrogens is 232 g/mol. The van der Waals surface area contributed by atoms with Gasteiger partial charge in [-0.05, 0) is 31.1 Å². The van der Waals surface area contributed by atoms with Crippen molar-refractivity contribution in [2.75, 3.05) is 13.1 Å². The standard InChI is InChI=1S/C13H22N2O3/c1-2-9(6-12(16)17)7-14-13(18)15-8-10-3-4-11(15)5-10/h9-11H,2-8H2,1H3,(H,14,18)(H,16,17). The molecule has 5 nitrogen and oxygen atoms in total. The highest BCUT2D eigenvalue weighted by atomic mass is 16.4. The first-order valence-electron chi connectivity index (χ1n) is 6.86. The number of fused-ring (bicyclic) bond motifs is 2. The van der Waals surface area contributed by atoms with E-state index in [4.69, 9.17) is 5.11 Å². The molecular formula is C13H22N2O3. The van der Waals surface area contributed by atoms with Gasteiger partial charge in [0.05, 0.1) is 0 Å². The molecule has 1 saturated carbocycles. The molecule has 18 heavy (non-hydrogen) atoms. The Morgan fingerprint density at radius 1 is 1.44 bits per heavy atom. The second-order valence-corrected chi connectivity index (χ2v) is 5.54. The lowest BCUT2D eigenvalue weighted by atomic mass is 10.0. The lowest BCUT2D eigenvalue weighted by molar-refractivity contribution is -0.138. The monoisotopic (exact) mass is 254 g/mol. The SMILES string of the molecule is CCC(CNC(=O)N1CC2CCC1C2)CC(=O)O. The van der Waals surface area contributed by atoms with E-state index in [0.29, 0.717) is 18.5 Å². The zero-order valence-electron chi connectivity index (χ0n) is 10.9. The largest absolute Gasteiger partial charge is 0.481 e. The number of carboxylic acid groups (broad SMARTS) is 1.